The number of hydrogen-bond acceptors (Lipinski definition) is 6. The Morgan fingerprint density at radius 3 is 2.21 bits per heavy atom. The minimum Gasteiger partial charge on any atom is -0.385 e. The van der Waals surface area contributed by atoms with Crippen molar-refractivity contribution in [1.82, 2.24) is 24.9 Å². The van der Waals surface area contributed by atoms with Crippen molar-refractivity contribution in [2.75, 3.05) is 13.7 Å². The van der Waals surface area contributed by atoms with Crippen LogP contribution in [0.5, 0.6) is 0 Å². The quantitative estimate of drug-likeness (QED) is 0.401. The zero-order valence-corrected chi connectivity index (χ0v) is 20.6. The molecular weight excluding hydrogens is 443 g/mol. The lowest BCUT2D eigenvalue weighted by atomic mass is 9.72. The van der Waals surface area contributed by atoms with E-state index in [1.54, 1.807) is 13.3 Å². The van der Waals surface area contributed by atoms with Gasteiger partial charge in [0, 0.05) is 31.5 Å². The SMILES string of the molecule is CCCCCOC.Cc1ccccn1.Cc1nc2ncnc(C3CC(C(F)(F)F)C3)c2nc1C. The number of aromatic nitrogens is 5. The van der Waals surface area contributed by atoms with Crippen molar-refractivity contribution in [1.29, 1.82) is 0 Å². The fourth-order valence-corrected chi connectivity index (χ4v) is 3.41. The van der Waals surface area contributed by atoms with Crippen LogP contribution in [0.25, 0.3) is 11.2 Å². The minimum absolute atomic E-state index is 0.0736. The molecule has 1 saturated carbocycles. The Labute approximate surface area is 199 Å². The number of aryl methyl sites for hydroxylation is 3. The number of pyridine rings is 1. The maximum Gasteiger partial charge on any atom is 0.391 e. The lowest BCUT2D eigenvalue weighted by Crippen LogP contribution is -2.35. The first-order valence-corrected chi connectivity index (χ1v) is 11.6. The Morgan fingerprint density at radius 1 is 0.971 bits per heavy atom. The van der Waals surface area contributed by atoms with E-state index in [1.807, 2.05) is 39.0 Å². The third-order valence-corrected chi connectivity index (χ3v) is 5.66. The van der Waals surface area contributed by atoms with E-state index >= 15 is 0 Å². The molecule has 6 nitrogen and oxygen atoms in total. The number of methoxy groups -OCH3 is 1. The summed E-state index contributed by atoms with van der Waals surface area (Å²) >= 11 is 0. The molecule has 0 saturated heterocycles. The molecule has 3 aromatic heterocycles. The fraction of sp³-hybridized carbons (Fsp3) is 0.560. The Bertz CT molecular complexity index is 1000. The maximum absolute atomic E-state index is 12.6. The summed E-state index contributed by atoms with van der Waals surface area (Å²) < 4.78 is 42.5. The first-order valence-electron chi connectivity index (χ1n) is 11.6. The van der Waals surface area contributed by atoms with E-state index in [0.29, 0.717) is 16.9 Å². The van der Waals surface area contributed by atoms with Crippen LogP contribution in [0, 0.1) is 26.7 Å². The molecule has 0 spiro atoms. The van der Waals surface area contributed by atoms with Gasteiger partial charge in [0.2, 0.25) is 0 Å². The molecular formula is C25H34F3N5O. The van der Waals surface area contributed by atoms with Gasteiger partial charge in [-0.15, -0.1) is 0 Å². The highest BCUT2D eigenvalue weighted by atomic mass is 19.4. The van der Waals surface area contributed by atoms with Crippen LogP contribution in [0.2, 0.25) is 0 Å². The summed E-state index contributed by atoms with van der Waals surface area (Å²) in [5.74, 6) is -1.43. The van der Waals surface area contributed by atoms with Crippen molar-refractivity contribution in [2.45, 2.75) is 71.9 Å². The number of ether oxygens (including phenoxy) is 1. The van der Waals surface area contributed by atoms with Gasteiger partial charge in [-0.2, -0.15) is 13.2 Å². The van der Waals surface area contributed by atoms with Crippen LogP contribution in [0.1, 0.15) is 67.7 Å². The molecule has 0 bridgehead atoms. The van der Waals surface area contributed by atoms with E-state index in [9.17, 15) is 13.2 Å². The van der Waals surface area contributed by atoms with Crippen molar-refractivity contribution in [3.05, 3.63) is 53.5 Å². The third kappa shape index (κ3) is 8.27. The first-order chi connectivity index (χ1) is 16.2. The van der Waals surface area contributed by atoms with Crippen molar-refractivity contribution in [3.8, 4) is 0 Å². The molecule has 0 atom stereocenters. The van der Waals surface area contributed by atoms with E-state index in [2.05, 4.69) is 31.8 Å². The van der Waals surface area contributed by atoms with Gasteiger partial charge in [0.15, 0.2) is 5.65 Å². The number of unbranched alkanes of at least 4 members (excludes halogenated alkanes) is 2. The number of hydrogen-bond donors (Lipinski definition) is 0. The van der Waals surface area contributed by atoms with Crippen LogP contribution in [0.3, 0.4) is 0 Å². The predicted molar refractivity (Wildman–Crippen MR) is 126 cm³/mol. The van der Waals surface area contributed by atoms with Crippen LogP contribution in [0.15, 0.2) is 30.7 Å². The Kier molecular flexibility index (Phi) is 10.8. The average molecular weight is 478 g/mol. The van der Waals surface area contributed by atoms with Crippen molar-refractivity contribution in [3.63, 3.8) is 0 Å². The average Bonchev–Trinajstić information content (AvgIpc) is 2.75. The third-order valence-electron chi connectivity index (χ3n) is 5.66. The van der Waals surface area contributed by atoms with Gasteiger partial charge in [-0.1, -0.05) is 25.8 Å². The summed E-state index contributed by atoms with van der Waals surface area (Å²) in [7, 11) is 1.75. The molecule has 3 aromatic rings. The number of nitrogens with zero attached hydrogens (tertiary/aromatic N) is 5. The molecule has 4 rings (SSSR count). The number of rotatable bonds is 5. The predicted octanol–water partition coefficient (Wildman–Crippen LogP) is 6.31. The van der Waals surface area contributed by atoms with E-state index < -0.39 is 12.1 Å². The smallest absolute Gasteiger partial charge is 0.385 e. The normalized spacial score (nSPS) is 17.2. The van der Waals surface area contributed by atoms with Gasteiger partial charge in [0.1, 0.15) is 11.8 Å². The van der Waals surface area contributed by atoms with Gasteiger partial charge in [0.25, 0.3) is 0 Å². The van der Waals surface area contributed by atoms with Crippen LogP contribution in [-0.2, 0) is 4.74 Å². The largest absolute Gasteiger partial charge is 0.391 e. The second-order valence-corrected chi connectivity index (χ2v) is 8.40. The molecule has 0 radical (unpaired) electrons. The van der Waals surface area contributed by atoms with Gasteiger partial charge in [-0.25, -0.2) is 19.9 Å². The first kappa shape index (κ1) is 27.6. The summed E-state index contributed by atoms with van der Waals surface area (Å²) in [6.07, 6.45) is 2.97. The molecule has 34 heavy (non-hydrogen) atoms. The molecule has 0 amide bonds. The summed E-state index contributed by atoms with van der Waals surface area (Å²) in [6, 6.07) is 5.86. The fourth-order valence-electron chi connectivity index (χ4n) is 3.41. The number of fused-ring (bicyclic) bond motifs is 1. The van der Waals surface area contributed by atoms with E-state index in [1.165, 1.54) is 25.6 Å². The van der Waals surface area contributed by atoms with E-state index in [4.69, 9.17) is 4.74 Å². The van der Waals surface area contributed by atoms with Gasteiger partial charge in [-0.3, -0.25) is 4.98 Å². The van der Waals surface area contributed by atoms with Crippen molar-refractivity contribution in [2.24, 2.45) is 5.92 Å². The molecule has 1 aliphatic carbocycles. The van der Waals surface area contributed by atoms with Crippen LogP contribution in [0.4, 0.5) is 13.2 Å². The lowest BCUT2D eigenvalue weighted by molar-refractivity contribution is -0.197. The monoisotopic (exact) mass is 477 g/mol. The van der Waals surface area contributed by atoms with Crippen molar-refractivity contribution < 1.29 is 17.9 Å². The lowest BCUT2D eigenvalue weighted by Gasteiger charge is -2.36. The molecule has 0 aromatic carbocycles. The second kappa shape index (κ2) is 13.3. The van der Waals surface area contributed by atoms with Gasteiger partial charge < -0.3 is 4.74 Å². The van der Waals surface area contributed by atoms with E-state index in [0.717, 1.165) is 23.7 Å². The van der Waals surface area contributed by atoms with Crippen LogP contribution < -0.4 is 0 Å². The molecule has 1 fully saturated rings. The highest BCUT2D eigenvalue weighted by Gasteiger charge is 2.49. The molecule has 9 heteroatoms. The summed E-state index contributed by atoms with van der Waals surface area (Å²) in [5, 5.41) is 0. The van der Waals surface area contributed by atoms with Gasteiger partial charge in [-0.05, 0) is 52.2 Å². The van der Waals surface area contributed by atoms with Crippen molar-refractivity contribution >= 4 is 11.2 Å². The molecule has 0 unspecified atom stereocenters. The summed E-state index contributed by atoms with van der Waals surface area (Å²) in [6.45, 7) is 8.73. The molecule has 3 heterocycles. The van der Waals surface area contributed by atoms with Gasteiger partial charge in [0.05, 0.1) is 23.0 Å². The Balaban J connectivity index is 0.000000240. The van der Waals surface area contributed by atoms with Gasteiger partial charge >= 0.3 is 6.18 Å². The Morgan fingerprint density at radius 2 is 1.68 bits per heavy atom. The summed E-state index contributed by atoms with van der Waals surface area (Å²) in [4.78, 5) is 20.9. The molecule has 1 aliphatic rings. The Hall–Kier alpha value is -2.68. The molecule has 0 N–H and O–H groups in total. The summed E-state index contributed by atoms with van der Waals surface area (Å²) in [5.41, 5.74) is 4.16. The standard InChI is InChI=1S/C13H13F3N4.C6H7N.C6H14O/c1-6-7(2)20-12-11(19-6)10(17-5-18-12)8-3-9(4-8)13(14,15)16;1-6-4-2-3-5-7-6;1-3-4-5-6-7-2/h5,8-9H,3-4H2,1-2H3;2-5H,1H3;3-6H2,1-2H3. The van der Waals surface area contributed by atoms with Crippen LogP contribution in [-0.4, -0.2) is 44.8 Å². The zero-order chi connectivity index (χ0) is 25.1. The second-order valence-electron chi connectivity index (χ2n) is 8.40. The highest BCUT2D eigenvalue weighted by molar-refractivity contribution is 5.73. The number of alkyl halides is 3. The highest BCUT2D eigenvalue weighted by Crippen LogP contribution is 2.49. The zero-order valence-electron chi connectivity index (χ0n) is 20.6. The maximum atomic E-state index is 12.6. The van der Waals surface area contributed by atoms with Crippen LogP contribution >= 0.6 is 0 Å². The number of halogens is 3. The minimum atomic E-state index is -4.11. The van der Waals surface area contributed by atoms with E-state index in [-0.39, 0.29) is 18.8 Å². The topological polar surface area (TPSA) is 73.7 Å². The molecule has 186 valence electrons. The molecule has 0 aliphatic heterocycles.